The molecule has 1 N–H and O–H groups in total. The van der Waals surface area contributed by atoms with E-state index < -0.39 is 0 Å². The molecule has 1 aliphatic rings. The maximum Gasteiger partial charge on any atom is 0.223 e. The van der Waals surface area contributed by atoms with E-state index in [4.69, 9.17) is 13.9 Å². The first kappa shape index (κ1) is 21.1. The molecule has 1 aliphatic carbocycles. The maximum absolute atomic E-state index is 11.8. The molecule has 0 unspecified atom stereocenters. The van der Waals surface area contributed by atoms with Gasteiger partial charge in [-0.2, -0.15) is 0 Å². The highest BCUT2D eigenvalue weighted by atomic mass is 16.5. The summed E-state index contributed by atoms with van der Waals surface area (Å²) < 4.78 is 17.4. The number of amides is 1. The topological polar surface area (TPSA) is 60.7 Å². The summed E-state index contributed by atoms with van der Waals surface area (Å²) in [7, 11) is 0. The highest BCUT2D eigenvalue weighted by Gasteiger charge is 2.29. The van der Waals surface area contributed by atoms with Crippen LogP contribution in [0.5, 0.6) is 11.5 Å². The summed E-state index contributed by atoms with van der Waals surface area (Å²) in [6, 6.07) is 24.2. The van der Waals surface area contributed by atoms with Crippen LogP contribution in [-0.4, -0.2) is 25.7 Å². The molecule has 1 fully saturated rings. The summed E-state index contributed by atoms with van der Waals surface area (Å²) in [6.07, 6.45) is 4.53. The lowest BCUT2D eigenvalue weighted by molar-refractivity contribution is -0.122. The van der Waals surface area contributed by atoms with Gasteiger partial charge in [0.15, 0.2) is 0 Å². The number of carbonyl (C=O) groups is 1. The molecule has 0 aliphatic heterocycles. The molecule has 3 aromatic carbocycles. The summed E-state index contributed by atoms with van der Waals surface area (Å²) in [5.41, 5.74) is 4.24. The summed E-state index contributed by atoms with van der Waals surface area (Å²) in [5.74, 6) is 1.99. The minimum atomic E-state index is 0.168. The maximum atomic E-state index is 11.8. The van der Waals surface area contributed by atoms with Gasteiger partial charge in [0.1, 0.15) is 30.3 Å². The SMILES string of the molecule is O=C(NCCc1coc2ccc(OCCOc3ccc(-c4ccccc4)cc3)cc12)C1CC1. The van der Waals surface area contributed by atoms with Crippen molar-refractivity contribution in [1.82, 2.24) is 5.32 Å². The van der Waals surface area contributed by atoms with Gasteiger partial charge in [-0.1, -0.05) is 42.5 Å². The molecule has 1 heterocycles. The molecule has 5 rings (SSSR count). The van der Waals surface area contributed by atoms with E-state index >= 15 is 0 Å². The molecule has 168 valence electrons. The summed E-state index contributed by atoms with van der Waals surface area (Å²) in [6.45, 7) is 1.51. The van der Waals surface area contributed by atoms with Gasteiger partial charge >= 0.3 is 0 Å². The zero-order valence-electron chi connectivity index (χ0n) is 18.5. The molecule has 0 spiro atoms. The molecule has 1 amide bonds. The lowest BCUT2D eigenvalue weighted by Crippen LogP contribution is -2.26. The van der Waals surface area contributed by atoms with Crippen molar-refractivity contribution in [1.29, 1.82) is 0 Å². The van der Waals surface area contributed by atoms with Crippen LogP contribution in [-0.2, 0) is 11.2 Å². The average Bonchev–Trinajstić information content (AvgIpc) is 3.64. The second-order valence-corrected chi connectivity index (χ2v) is 8.32. The van der Waals surface area contributed by atoms with Gasteiger partial charge in [0.25, 0.3) is 0 Å². The number of rotatable bonds is 10. The third kappa shape index (κ3) is 5.37. The number of furan rings is 1. The van der Waals surface area contributed by atoms with Gasteiger partial charge in [-0.05, 0) is 60.7 Å². The Labute approximate surface area is 193 Å². The highest BCUT2D eigenvalue weighted by molar-refractivity contribution is 5.83. The second kappa shape index (κ2) is 9.82. The van der Waals surface area contributed by atoms with Gasteiger partial charge in [0, 0.05) is 23.4 Å². The fraction of sp³-hybridized carbons (Fsp3) is 0.250. The van der Waals surface area contributed by atoms with Crippen LogP contribution in [0.15, 0.2) is 83.5 Å². The number of benzene rings is 3. The largest absolute Gasteiger partial charge is 0.490 e. The first-order chi connectivity index (χ1) is 16.3. The molecule has 0 saturated heterocycles. The van der Waals surface area contributed by atoms with Crippen LogP contribution in [0.4, 0.5) is 0 Å². The number of carbonyl (C=O) groups excluding carboxylic acids is 1. The third-order valence-electron chi connectivity index (χ3n) is 5.85. The van der Waals surface area contributed by atoms with Gasteiger partial charge in [-0.15, -0.1) is 0 Å². The predicted octanol–water partition coefficient (Wildman–Crippen LogP) is 5.63. The van der Waals surface area contributed by atoms with Crippen molar-refractivity contribution in [2.24, 2.45) is 5.92 Å². The molecule has 0 radical (unpaired) electrons. The van der Waals surface area contributed by atoms with Crippen LogP contribution in [0.2, 0.25) is 0 Å². The van der Waals surface area contributed by atoms with Crippen LogP contribution in [0.3, 0.4) is 0 Å². The van der Waals surface area contributed by atoms with E-state index in [0.717, 1.165) is 52.9 Å². The first-order valence-electron chi connectivity index (χ1n) is 11.5. The van der Waals surface area contributed by atoms with E-state index in [1.165, 1.54) is 5.56 Å². The third-order valence-corrected chi connectivity index (χ3v) is 5.85. The van der Waals surface area contributed by atoms with Crippen LogP contribution in [0.25, 0.3) is 22.1 Å². The van der Waals surface area contributed by atoms with E-state index in [9.17, 15) is 4.79 Å². The van der Waals surface area contributed by atoms with Gasteiger partial charge in [0.2, 0.25) is 5.91 Å². The molecular weight excluding hydrogens is 414 g/mol. The molecule has 0 bridgehead atoms. The highest BCUT2D eigenvalue weighted by Crippen LogP contribution is 2.29. The van der Waals surface area contributed by atoms with Gasteiger partial charge in [-0.25, -0.2) is 0 Å². The Kier molecular flexibility index (Phi) is 6.29. The molecule has 1 aromatic heterocycles. The Morgan fingerprint density at radius 2 is 1.58 bits per heavy atom. The summed E-state index contributed by atoms with van der Waals surface area (Å²) in [5, 5.41) is 4.02. The number of hydrogen-bond donors (Lipinski definition) is 1. The van der Waals surface area contributed by atoms with Crippen molar-refractivity contribution >= 4 is 16.9 Å². The Hall–Kier alpha value is -3.73. The molecule has 0 atom stereocenters. The van der Waals surface area contributed by atoms with Crippen molar-refractivity contribution in [3.8, 4) is 22.6 Å². The summed E-state index contributed by atoms with van der Waals surface area (Å²) >= 11 is 0. The zero-order valence-corrected chi connectivity index (χ0v) is 18.5. The van der Waals surface area contributed by atoms with E-state index in [0.29, 0.717) is 19.8 Å². The van der Waals surface area contributed by atoms with Gasteiger partial charge in [0.05, 0.1) is 6.26 Å². The van der Waals surface area contributed by atoms with Crippen LogP contribution < -0.4 is 14.8 Å². The van der Waals surface area contributed by atoms with Crippen molar-refractivity contribution in [2.75, 3.05) is 19.8 Å². The lowest BCUT2D eigenvalue weighted by Gasteiger charge is -2.09. The van der Waals surface area contributed by atoms with Crippen molar-refractivity contribution in [3.63, 3.8) is 0 Å². The Balaban J connectivity index is 1.11. The van der Waals surface area contributed by atoms with E-state index in [1.54, 1.807) is 6.26 Å². The normalized spacial score (nSPS) is 13.1. The standard InChI is InChI=1S/C28H27NO4/c30-28(22-6-7-22)29-15-14-23-19-33-27-13-12-25(18-26(23)27)32-17-16-31-24-10-8-21(9-11-24)20-4-2-1-3-5-20/h1-5,8-13,18-19,22H,6-7,14-17H2,(H,29,30). The predicted molar refractivity (Wildman–Crippen MR) is 129 cm³/mol. The van der Waals surface area contributed by atoms with E-state index in [-0.39, 0.29) is 11.8 Å². The number of ether oxygens (including phenoxy) is 2. The molecular formula is C28H27NO4. The number of hydrogen-bond acceptors (Lipinski definition) is 4. The van der Waals surface area contributed by atoms with Gasteiger partial charge in [-0.3, -0.25) is 4.79 Å². The first-order valence-corrected chi connectivity index (χ1v) is 11.5. The van der Waals surface area contributed by atoms with E-state index in [2.05, 4.69) is 29.6 Å². The van der Waals surface area contributed by atoms with Crippen LogP contribution in [0.1, 0.15) is 18.4 Å². The Morgan fingerprint density at radius 3 is 2.33 bits per heavy atom. The molecule has 5 heteroatoms. The monoisotopic (exact) mass is 441 g/mol. The number of fused-ring (bicyclic) bond motifs is 1. The van der Waals surface area contributed by atoms with Crippen molar-refractivity contribution < 1.29 is 18.7 Å². The minimum absolute atomic E-state index is 0.168. The lowest BCUT2D eigenvalue weighted by atomic mass is 10.1. The fourth-order valence-electron chi connectivity index (χ4n) is 3.85. The fourth-order valence-corrected chi connectivity index (χ4v) is 3.85. The quantitative estimate of drug-likeness (QED) is 0.324. The van der Waals surface area contributed by atoms with Crippen LogP contribution >= 0.6 is 0 Å². The smallest absolute Gasteiger partial charge is 0.223 e. The Bertz CT molecular complexity index is 1210. The Morgan fingerprint density at radius 1 is 0.879 bits per heavy atom. The van der Waals surface area contributed by atoms with Crippen LogP contribution in [0, 0.1) is 5.92 Å². The zero-order chi connectivity index (χ0) is 22.5. The van der Waals surface area contributed by atoms with Crippen molar-refractivity contribution in [3.05, 3.63) is 84.6 Å². The molecule has 4 aromatic rings. The summed E-state index contributed by atoms with van der Waals surface area (Å²) in [4.78, 5) is 11.8. The molecule has 1 saturated carbocycles. The van der Waals surface area contributed by atoms with E-state index in [1.807, 2.05) is 48.5 Å². The average molecular weight is 442 g/mol. The molecule has 5 nitrogen and oxygen atoms in total. The number of nitrogens with one attached hydrogen (secondary N) is 1. The van der Waals surface area contributed by atoms with Crippen molar-refractivity contribution in [2.45, 2.75) is 19.3 Å². The minimum Gasteiger partial charge on any atom is -0.490 e. The molecule has 33 heavy (non-hydrogen) atoms. The van der Waals surface area contributed by atoms with Gasteiger partial charge < -0.3 is 19.2 Å². The second-order valence-electron chi connectivity index (χ2n) is 8.32.